The number of benzene rings is 1. The van der Waals surface area contributed by atoms with Crippen LogP contribution in [-0.4, -0.2) is 16.0 Å². The number of alkyl halides is 3. The molecule has 0 aliphatic rings. The molecule has 0 saturated carbocycles. The Morgan fingerprint density at radius 3 is 2.29 bits per heavy atom. The molecule has 0 unspecified atom stereocenters. The molecule has 21 heavy (non-hydrogen) atoms. The highest BCUT2D eigenvalue weighted by molar-refractivity contribution is 5.55. The fourth-order valence-corrected chi connectivity index (χ4v) is 1.67. The Balaban J connectivity index is 2.11. The zero-order valence-corrected chi connectivity index (χ0v) is 11.6. The van der Waals surface area contributed by atoms with Crippen LogP contribution in [0.1, 0.15) is 19.4 Å². The number of hydrogen-bond acceptors (Lipinski definition) is 4. The van der Waals surface area contributed by atoms with E-state index < -0.39 is 11.7 Å². The van der Waals surface area contributed by atoms with Gasteiger partial charge in [-0.15, -0.1) is 0 Å². The summed E-state index contributed by atoms with van der Waals surface area (Å²) >= 11 is 0. The molecule has 0 fully saturated rings. The molecule has 0 aliphatic carbocycles. The molecule has 1 aromatic heterocycles. The van der Waals surface area contributed by atoms with Crippen molar-refractivity contribution in [2.24, 2.45) is 0 Å². The molecule has 2 rings (SSSR count). The van der Waals surface area contributed by atoms with E-state index in [2.05, 4.69) is 20.6 Å². The van der Waals surface area contributed by atoms with Crippen LogP contribution < -0.4 is 10.6 Å². The van der Waals surface area contributed by atoms with Crippen LogP contribution in [0.15, 0.2) is 36.5 Å². The van der Waals surface area contributed by atoms with Gasteiger partial charge in [0.15, 0.2) is 0 Å². The molecule has 1 aromatic carbocycles. The van der Waals surface area contributed by atoms with Gasteiger partial charge < -0.3 is 10.6 Å². The molecule has 0 radical (unpaired) electrons. The quantitative estimate of drug-likeness (QED) is 0.893. The van der Waals surface area contributed by atoms with Gasteiger partial charge in [0.05, 0.1) is 5.56 Å². The second-order valence-corrected chi connectivity index (χ2v) is 4.76. The van der Waals surface area contributed by atoms with E-state index in [9.17, 15) is 13.2 Å². The molecular weight excluding hydrogens is 281 g/mol. The third kappa shape index (κ3) is 4.34. The maximum Gasteiger partial charge on any atom is 0.416 e. The van der Waals surface area contributed by atoms with Crippen molar-refractivity contribution >= 4 is 17.5 Å². The van der Waals surface area contributed by atoms with Crippen molar-refractivity contribution in [2.45, 2.75) is 26.1 Å². The van der Waals surface area contributed by atoms with Crippen LogP contribution in [0.2, 0.25) is 0 Å². The summed E-state index contributed by atoms with van der Waals surface area (Å²) < 4.78 is 37.4. The fourth-order valence-electron chi connectivity index (χ4n) is 1.67. The van der Waals surface area contributed by atoms with Gasteiger partial charge >= 0.3 is 6.18 Å². The molecule has 0 spiro atoms. The van der Waals surface area contributed by atoms with Crippen LogP contribution in [0.5, 0.6) is 0 Å². The molecule has 0 amide bonds. The minimum Gasteiger partial charge on any atom is -0.368 e. The summed E-state index contributed by atoms with van der Waals surface area (Å²) in [7, 11) is 0. The smallest absolute Gasteiger partial charge is 0.368 e. The van der Waals surface area contributed by atoms with E-state index in [1.807, 2.05) is 13.8 Å². The van der Waals surface area contributed by atoms with Crippen molar-refractivity contribution in [3.63, 3.8) is 0 Å². The van der Waals surface area contributed by atoms with Gasteiger partial charge in [-0.05, 0) is 44.2 Å². The van der Waals surface area contributed by atoms with Gasteiger partial charge in [-0.2, -0.15) is 18.2 Å². The van der Waals surface area contributed by atoms with Crippen molar-refractivity contribution in [3.05, 3.63) is 42.1 Å². The van der Waals surface area contributed by atoms with Crippen LogP contribution >= 0.6 is 0 Å². The summed E-state index contributed by atoms with van der Waals surface area (Å²) in [6.07, 6.45) is -2.76. The molecule has 4 nitrogen and oxygen atoms in total. The number of anilines is 3. The Morgan fingerprint density at radius 1 is 1.05 bits per heavy atom. The summed E-state index contributed by atoms with van der Waals surface area (Å²) in [6, 6.07) is 6.65. The fraction of sp³-hybridized carbons (Fsp3) is 0.286. The summed E-state index contributed by atoms with van der Waals surface area (Å²) in [4.78, 5) is 8.25. The first-order valence-electron chi connectivity index (χ1n) is 6.38. The average Bonchev–Trinajstić information content (AvgIpc) is 2.38. The minimum atomic E-state index is -4.34. The number of hydrogen-bond donors (Lipinski definition) is 2. The molecule has 2 aromatic rings. The van der Waals surface area contributed by atoms with E-state index in [0.29, 0.717) is 17.5 Å². The van der Waals surface area contributed by atoms with E-state index in [1.165, 1.54) is 12.1 Å². The zero-order chi connectivity index (χ0) is 15.5. The molecule has 0 atom stereocenters. The van der Waals surface area contributed by atoms with Crippen LogP contribution in [0, 0.1) is 0 Å². The van der Waals surface area contributed by atoms with Crippen molar-refractivity contribution in [1.29, 1.82) is 0 Å². The number of rotatable bonds is 4. The van der Waals surface area contributed by atoms with E-state index in [4.69, 9.17) is 0 Å². The lowest BCUT2D eigenvalue weighted by Gasteiger charge is -2.11. The van der Waals surface area contributed by atoms with Crippen molar-refractivity contribution in [1.82, 2.24) is 9.97 Å². The highest BCUT2D eigenvalue weighted by Gasteiger charge is 2.29. The third-order valence-corrected chi connectivity index (χ3v) is 2.56. The van der Waals surface area contributed by atoms with Crippen molar-refractivity contribution < 1.29 is 13.2 Å². The summed E-state index contributed by atoms with van der Waals surface area (Å²) in [5, 5.41) is 5.99. The van der Waals surface area contributed by atoms with Crippen LogP contribution in [0.4, 0.5) is 30.6 Å². The van der Waals surface area contributed by atoms with E-state index in [-0.39, 0.29) is 6.04 Å². The first-order chi connectivity index (χ1) is 9.84. The molecule has 0 bridgehead atoms. The van der Waals surface area contributed by atoms with Gasteiger partial charge in [0, 0.05) is 17.9 Å². The predicted octanol–water partition coefficient (Wildman–Crippen LogP) is 4.06. The van der Waals surface area contributed by atoms with Crippen molar-refractivity contribution in [3.8, 4) is 0 Å². The first-order valence-corrected chi connectivity index (χ1v) is 6.38. The minimum absolute atomic E-state index is 0.221. The predicted molar refractivity (Wildman–Crippen MR) is 75.5 cm³/mol. The highest BCUT2D eigenvalue weighted by atomic mass is 19.4. The Morgan fingerprint density at radius 2 is 1.71 bits per heavy atom. The highest BCUT2D eigenvalue weighted by Crippen LogP contribution is 2.30. The number of aromatic nitrogens is 2. The molecule has 112 valence electrons. The largest absolute Gasteiger partial charge is 0.416 e. The monoisotopic (exact) mass is 296 g/mol. The number of nitrogens with zero attached hydrogens (tertiary/aromatic N) is 2. The Labute approximate surface area is 120 Å². The van der Waals surface area contributed by atoms with E-state index in [0.717, 1.165) is 12.1 Å². The van der Waals surface area contributed by atoms with Gasteiger partial charge in [0.25, 0.3) is 0 Å². The Kier molecular flexibility index (Phi) is 4.30. The second-order valence-electron chi connectivity index (χ2n) is 4.76. The lowest BCUT2D eigenvalue weighted by molar-refractivity contribution is -0.137. The van der Waals surface area contributed by atoms with E-state index in [1.54, 1.807) is 12.3 Å². The molecule has 1 heterocycles. The topological polar surface area (TPSA) is 49.8 Å². The number of halogens is 3. The molecule has 0 saturated heterocycles. The SMILES string of the molecule is CC(C)Nc1ccnc(Nc2ccc(C(F)(F)F)cc2)n1. The molecule has 7 heteroatoms. The maximum absolute atomic E-state index is 12.5. The lowest BCUT2D eigenvalue weighted by Crippen LogP contribution is -2.11. The standard InChI is InChI=1S/C14H15F3N4/c1-9(2)19-12-7-8-18-13(21-12)20-11-5-3-10(4-6-11)14(15,16)17/h3-9H,1-2H3,(H2,18,19,20,21). The van der Waals surface area contributed by atoms with Gasteiger partial charge in [-0.25, -0.2) is 4.98 Å². The molecular formula is C14H15F3N4. The van der Waals surface area contributed by atoms with Crippen LogP contribution in [0.3, 0.4) is 0 Å². The molecule has 2 N–H and O–H groups in total. The zero-order valence-electron chi connectivity index (χ0n) is 11.6. The van der Waals surface area contributed by atoms with Crippen LogP contribution in [0.25, 0.3) is 0 Å². The maximum atomic E-state index is 12.5. The summed E-state index contributed by atoms with van der Waals surface area (Å²) in [5.74, 6) is 0.967. The summed E-state index contributed by atoms with van der Waals surface area (Å²) in [6.45, 7) is 3.95. The Bertz CT molecular complexity index is 594. The van der Waals surface area contributed by atoms with Gasteiger partial charge in [0.2, 0.25) is 5.95 Å². The normalized spacial score (nSPS) is 11.5. The lowest BCUT2D eigenvalue weighted by atomic mass is 10.2. The first kappa shape index (κ1) is 15.1. The number of nitrogens with one attached hydrogen (secondary N) is 2. The third-order valence-electron chi connectivity index (χ3n) is 2.56. The Hall–Kier alpha value is -2.31. The van der Waals surface area contributed by atoms with Gasteiger partial charge in [-0.3, -0.25) is 0 Å². The van der Waals surface area contributed by atoms with Gasteiger partial charge in [0.1, 0.15) is 5.82 Å². The van der Waals surface area contributed by atoms with E-state index >= 15 is 0 Å². The van der Waals surface area contributed by atoms with Gasteiger partial charge in [-0.1, -0.05) is 0 Å². The average molecular weight is 296 g/mol. The second kappa shape index (κ2) is 5.99. The molecule has 0 aliphatic heterocycles. The summed E-state index contributed by atoms with van der Waals surface area (Å²) in [5.41, 5.74) is -0.200. The van der Waals surface area contributed by atoms with Crippen molar-refractivity contribution in [2.75, 3.05) is 10.6 Å². The van der Waals surface area contributed by atoms with Crippen LogP contribution in [-0.2, 0) is 6.18 Å².